The first-order valence-corrected chi connectivity index (χ1v) is 8.13. The van der Waals surface area contributed by atoms with E-state index in [-0.39, 0.29) is 11.8 Å². The van der Waals surface area contributed by atoms with Gasteiger partial charge in [0.2, 0.25) is 11.8 Å². The van der Waals surface area contributed by atoms with Crippen molar-refractivity contribution in [1.29, 1.82) is 0 Å². The fourth-order valence-corrected chi connectivity index (χ4v) is 2.30. The van der Waals surface area contributed by atoms with Gasteiger partial charge in [0, 0.05) is 18.3 Å². The minimum absolute atomic E-state index is 0.323. The molecule has 0 bridgehead atoms. The van der Waals surface area contributed by atoms with Crippen molar-refractivity contribution in [1.82, 2.24) is 5.32 Å². The summed E-state index contributed by atoms with van der Waals surface area (Å²) in [5, 5.41) is 5.61. The molecular weight excluding hydrogens is 316 g/mol. The maximum absolute atomic E-state index is 12.5. The van der Waals surface area contributed by atoms with Crippen LogP contribution >= 0.6 is 0 Å². The molecule has 0 saturated carbocycles. The van der Waals surface area contributed by atoms with Crippen LogP contribution in [0.3, 0.4) is 0 Å². The highest BCUT2D eigenvalue weighted by Gasteiger charge is 2.36. The summed E-state index contributed by atoms with van der Waals surface area (Å²) in [4.78, 5) is 25.0. The van der Waals surface area contributed by atoms with Crippen molar-refractivity contribution in [2.75, 3.05) is 12.4 Å². The Kier molecular flexibility index (Phi) is 5.80. The number of nitrogens with one attached hydrogen (secondary N) is 2. The largest absolute Gasteiger partial charge is 0.497 e. The summed E-state index contributed by atoms with van der Waals surface area (Å²) < 4.78 is 5.14. The number of anilines is 1. The second kappa shape index (κ2) is 7.83. The van der Waals surface area contributed by atoms with Crippen LogP contribution in [0, 0.1) is 12.3 Å². The Bertz CT molecular complexity index is 769. The highest BCUT2D eigenvalue weighted by atomic mass is 16.5. The maximum Gasteiger partial charge on any atom is 0.239 e. The summed E-state index contributed by atoms with van der Waals surface area (Å²) >= 11 is 0. The molecule has 2 rings (SSSR count). The van der Waals surface area contributed by atoms with Crippen molar-refractivity contribution >= 4 is 17.5 Å². The van der Waals surface area contributed by atoms with E-state index in [0.29, 0.717) is 18.0 Å². The lowest BCUT2D eigenvalue weighted by Gasteiger charge is -2.23. The van der Waals surface area contributed by atoms with Gasteiger partial charge in [-0.15, -0.1) is 0 Å². The van der Waals surface area contributed by atoms with E-state index in [1.54, 1.807) is 45.2 Å². The predicted octanol–water partition coefficient (Wildman–Crippen LogP) is 3.28. The fraction of sp³-hybridized carbons (Fsp3) is 0.300. The number of carbonyl (C=O) groups is 2. The number of aryl methyl sites for hydroxylation is 1. The molecular formula is C20H24N2O3. The molecule has 2 aromatic carbocycles. The highest BCUT2D eigenvalue weighted by Crippen LogP contribution is 2.22. The normalized spacial score (nSPS) is 10.9. The number of benzene rings is 2. The van der Waals surface area contributed by atoms with Gasteiger partial charge < -0.3 is 15.4 Å². The molecule has 0 fully saturated rings. The third kappa shape index (κ3) is 4.59. The van der Waals surface area contributed by atoms with E-state index in [2.05, 4.69) is 10.6 Å². The Morgan fingerprint density at radius 1 is 1.04 bits per heavy atom. The number of ether oxygens (including phenoxy) is 1. The molecule has 2 amide bonds. The molecule has 0 unspecified atom stereocenters. The van der Waals surface area contributed by atoms with Crippen LogP contribution in [0.25, 0.3) is 0 Å². The third-order valence-electron chi connectivity index (χ3n) is 4.16. The zero-order valence-corrected chi connectivity index (χ0v) is 15.1. The third-order valence-corrected chi connectivity index (χ3v) is 4.16. The molecule has 0 aliphatic rings. The van der Waals surface area contributed by atoms with Gasteiger partial charge in [-0.1, -0.05) is 30.3 Å². The van der Waals surface area contributed by atoms with Crippen LogP contribution in [0.2, 0.25) is 0 Å². The lowest BCUT2D eigenvalue weighted by atomic mass is 9.90. The molecule has 2 N–H and O–H groups in total. The molecule has 0 heterocycles. The Balaban J connectivity index is 2.01. The van der Waals surface area contributed by atoms with Crippen LogP contribution in [0.4, 0.5) is 5.69 Å². The molecule has 132 valence electrons. The van der Waals surface area contributed by atoms with E-state index in [0.717, 1.165) is 11.1 Å². The molecule has 0 aliphatic heterocycles. The van der Waals surface area contributed by atoms with Gasteiger partial charge >= 0.3 is 0 Å². The van der Waals surface area contributed by atoms with E-state index in [1.807, 2.05) is 31.2 Å². The summed E-state index contributed by atoms with van der Waals surface area (Å²) in [6.45, 7) is 5.59. The molecule has 0 saturated heterocycles. The smallest absolute Gasteiger partial charge is 0.239 e. The zero-order valence-electron chi connectivity index (χ0n) is 15.1. The topological polar surface area (TPSA) is 67.4 Å². The SMILES string of the molecule is COc1cccc(NC(=O)C(C)(C)C(=O)NCc2ccccc2C)c1. The maximum atomic E-state index is 12.5. The number of hydrogen-bond acceptors (Lipinski definition) is 3. The molecule has 0 aromatic heterocycles. The van der Waals surface area contributed by atoms with Crippen LogP contribution in [0.15, 0.2) is 48.5 Å². The first kappa shape index (κ1) is 18.5. The van der Waals surface area contributed by atoms with E-state index >= 15 is 0 Å². The Labute approximate surface area is 148 Å². The second-order valence-corrected chi connectivity index (χ2v) is 6.42. The Morgan fingerprint density at radius 3 is 2.44 bits per heavy atom. The summed E-state index contributed by atoms with van der Waals surface area (Å²) in [6.07, 6.45) is 0. The monoisotopic (exact) mass is 340 g/mol. The Hall–Kier alpha value is -2.82. The van der Waals surface area contributed by atoms with Crippen LogP contribution < -0.4 is 15.4 Å². The van der Waals surface area contributed by atoms with Gasteiger partial charge in [0.15, 0.2) is 0 Å². The van der Waals surface area contributed by atoms with E-state index in [9.17, 15) is 9.59 Å². The van der Waals surface area contributed by atoms with Gasteiger partial charge in [0.05, 0.1) is 7.11 Å². The molecule has 5 nitrogen and oxygen atoms in total. The van der Waals surface area contributed by atoms with Crippen molar-refractivity contribution in [2.45, 2.75) is 27.3 Å². The fourth-order valence-electron chi connectivity index (χ4n) is 2.30. The minimum atomic E-state index is -1.20. The average Bonchev–Trinajstić information content (AvgIpc) is 2.60. The lowest BCUT2D eigenvalue weighted by Crippen LogP contribution is -2.44. The van der Waals surface area contributed by atoms with Crippen LogP contribution in [0.1, 0.15) is 25.0 Å². The molecule has 25 heavy (non-hydrogen) atoms. The van der Waals surface area contributed by atoms with Crippen molar-refractivity contribution in [3.05, 3.63) is 59.7 Å². The summed E-state index contributed by atoms with van der Waals surface area (Å²) in [7, 11) is 1.56. The minimum Gasteiger partial charge on any atom is -0.497 e. The van der Waals surface area contributed by atoms with Crippen molar-refractivity contribution in [3.8, 4) is 5.75 Å². The summed E-state index contributed by atoms with van der Waals surface area (Å²) in [5.41, 5.74) is 1.51. The van der Waals surface area contributed by atoms with Gasteiger partial charge in [-0.25, -0.2) is 0 Å². The number of methoxy groups -OCH3 is 1. The Morgan fingerprint density at radius 2 is 1.76 bits per heavy atom. The molecule has 0 radical (unpaired) electrons. The van der Waals surface area contributed by atoms with Crippen LogP contribution in [0.5, 0.6) is 5.75 Å². The van der Waals surface area contributed by atoms with Gasteiger partial charge in [-0.2, -0.15) is 0 Å². The number of rotatable bonds is 6. The van der Waals surface area contributed by atoms with Crippen molar-refractivity contribution < 1.29 is 14.3 Å². The summed E-state index contributed by atoms with van der Waals surface area (Å²) in [5.74, 6) is -0.0567. The molecule has 2 aromatic rings. The number of hydrogen-bond donors (Lipinski definition) is 2. The number of amides is 2. The molecule has 0 atom stereocenters. The summed E-state index contributed by atoms with van der Waals surface area (Å²) in [6, 6.07) is 14.8. The highest BCUT2D eigenvalue weighted by molar-refractivity contribution is 6.09. The van der Waals surface area contributed by atoms with E-state index in [4.69, 9.17) is 4.74 Å². The second-order valence-electron chi connectivity index (χ2n) is 6.42. The van der Waals surface area contributed by atoms with Crippen LogP contribution in [-0.2, 0) is 16.1 Å². The van der Waals surface area contributed by atoms with Gasteiger partial charge in [-0.3, -0.25) is 9.59 Å². The van der Waals surface area contributed by atoms with Gasteiger partial charge in [0.25, 0.3) is 0 Å². The quantitative estimate of drug-likeness (QED) is 0.793. The first-order valence-electron chi connectivity index (χ1n) is 8.13. The van der Waals surface area contributed by atoms with Gasteiger partial charge in [-0.05, 0) is 44.0 Å². The van der Waals surface area contributed by atoms with Crippen LogP contribution in [-0.4, -0.2) is 18.9 Å². The standard InChI is InChI=1S/C20H24N2O3/c1-14-8-5-6-9-15(14)13-21-18(23)20(2,3)19(24)22-16-10-7-11-17(12-16)25-4/h5-12H,13H2,1-4H3,(H,21,23)(H,22,24). The molecule has 0 spiro atoms. The average molecular weight is 340 g/mol. The predicted molar refractivity (Wildman–Crippen MR) is 98.4 cm³/mol. The number of carbonyl (C=O) groups excluding carboxylic acids is 2. The van der Waals surface area contributed by atoms with Gasteiger partial charge in [0.1, 0.15) is 11.2 Å². The van der Waals surface area contributed by atoms with Crippen molar-refractivity contribution in [3.63, 3.8) is 0 Å². The van der Waals surface area contributed by atoms with Crippen molar-refractivity contribution in [2.24, 2.45) is 5.41 Å². The first-order chi connectivity index (χ1) is 11.8. The van der Waals surface area contributed by atoms with E-state index in [1.165, 1.54) is 0 Å². The molecule has 5 heteroatoms. The molecule has 0 aliphatic carbocycles. The zero-order chi connectivity index (χ0) is 18.4. The van der Waals surface area contributed by atoms with E-state index < -0.39 is 5.41 Å². The lowest BCUT2D eigenvalue weighted by molar-refractivity contribution is -0.138.